The van der Waals surface area contributed by atoms with Crippen LogP contribution in [0.3, 0.4) is 0 Å². The Morgan fingerprint density at radius 2 is 2.18 bits per heavy atom. The molecule has 1 N–H and O–H groups in total. The van der Waals surface area contributed by atoms with Crippen LogP contribution in [-0.2, 0) is 9.84 Å². The summed E-state index contributed by atoms with van der Waals surface area (Å²) in [6.07, 6.45) is 1.75. The molecule has 1 heterocycles. The predicted octanol–water partition coefficient (Wildman–Crippen LogP) is 1.68. The first-order chi connectivity index (χ1) is 7.79. The van der Waals surface area contributed by atoms with E-state index in [1.807, 2.05) is 0 Å². The van der Waals surface area contributed by atoms with Crippen LogP contribution in [0.5, 0.6) is 0 Å². The number of thioether (sulfide) groups is 1. The average molecular weight is 295 g/mol. The van der Waals surface area contributed by atoms with Gasteiger partial charge in [-0.15, -0.1) is 11.3 Å². The van der Waals surface area contributed by atoms with Crippen molar-refractivity contribution in [1.82, 2.24) is 4.98 Å². The Morgan fingerprint density at radius 3 is 2.65 bits per heavy atom. The third-order valence-electron chi connectivity index (χ3n) is 1.86. The monoisotopic (exact) mass is 295 g/mol. The highest BCUT2D eigenvalue weighted by Crippen LogP contribution is 2.27. The molecule has 0 saturated heterocycles. The molecule has 0 unspecified atom stereocenters. The number of rotatable bonds is 6. The second kappa shape index (κ2) is 5.83. The number of aromatic carboxylic acids is 1. The summed E-state index contributed by atoms with van der Waals surface area (Å²) >= 11 is 2.52. The molecule has 0 fully saturated rings. The Kier molecular flexibility index (Phi) is 4.96. The first kappa shape index (κ1) is 14.5. The van der Waals surface area contributed by atoms with Crippen LogP contribution in [0.15, 0.2) is 4.34 Å². The Morgan fingerprint density at radius 1 is 1.53 bits per heavy atom. The van der Waals surface area contributed by atoms with E-state index >= 15 is 0 Å². The number of aryl methyl sites for hydroxylation is 1. The minimum Gasteiger partial charge on any atom is -0.477 e. The van der Waals surface area contributed by atoms with E-state index in [2.05, 4.69) is 4.98 Å². The molecule has 0 aliphatic carbocycles. The van der Waals surface area contributed by atoms with E-state index in [0.29, 0.717) is 22.2 Å². The lowest BCUT2D eigenvalue weighted by molar-refractivity contribution is 0.0701. The molecule has 0 aliphatic heterocycles. The van der Waals surface area contributed by atoms with Crippen LogP contribution in [-0.4, -0.2) is 42.2 Å². The van der Waals surface area contributed by atoms with Crippen LogP contribution in [0.25, 0.3) is 0 Å². The Bertz CT molecular complexity index is 506. The highest BCUT2D eigenvalue weighted by Gasteiger charge is 2.14. The summed E-state index contributed by atoms with van der Waals surface area (Å²) in [6.45, 7) is 1.65. The Hall–Kier alpha value is -0.600. The van der Waals surface area contributed by atoms with Crippen molar-refractivity contribution in [3.05, 3.63) is 10.6 Å². The summed E-state index contributed by atoms with van der Waals surface area (Å²) in [7, 11) is -2.92. The van der Waals surface area contributed by atoms with Gasteiger partial charge < -0.3 is 5.11 Å². The first-order valence-corrected chi connectivity index (χ1v) is 8.67. The number of carbonyl (C=O) groups is 1. The van der Waals surface area contributed by atoms with Gasteiger partial charge in [-0.1, -0.05) is 11.8 Å². The second-order valence-electron chi connectivity index (χ2n) is 3.53. The molecule has 0 atom stereocenters. The van der Waals surface area contributed by atoms with Gasteiger partial charge >= 0.3 is 5.97 Å². The highest BCUT2D eigenvalue weighted by atomic mass is 32.2. The van der Waals surface area contributed by atoms with Gasteiger partial charge in [0.2, 0.25) is 0 Å². The van der Waals surface area contributed by atoms with Crippen molar-refractivity contribution in [2.75, 3.05) is 17.8 Å². The zero-order chi connectivity index (χ0) is 13.1. The highest BCUT2D eigenvalue weighted by molar-refractivity contribution is 8.01. The van der Waals surface area contributed by atoms with Crippen molar-refractivity contribution in [1.29, 1.82) is 0 Å². The second-order valence-corrected chi connectivity index (χ2v) is 8.13. The van der Waals surface area contributed by atoms with Crippen molar-refractivity contribution in [2.24, 2.45) is 0 Å². The maximum absolute atomic E-state index is 10.9. The van der Waals surface area contributed by atoms with Crippen LogP contribution in [0.1, 0.15) is 21.8 Å². The van der Waals surface area contributed by atoms with Crippen molar-refractivity contribution in [2.45, 2.75) is 17.7 Å². The molecule has 1 aromatic heterocycles. The summed E-state index contributed by atoms with van der Waals surface area (Å²) in [5.74, 6) is -0.196. The predicted molar refractivity (Wildman–Crippen MR) is 68.9 cm³/mol. The van der Waals surface area contributed by atoms with Gasteiger partial charge in [-0.05, 0) is 13.3 Å². The zero-order valence-electron chi connectivity index (χ0n) is 9.47. The van der Waals surface area contributed by atoms with Gasteiger partial charge in [-0.2, -0.15) is 0 Å². The fraction of sp³-hybridized carbons (Fsp3) is 0.556. The van der Waals surface area contributed by atoms with E-state index in [4.69, 9.17) is 5.11 Å². The van der Waals surface area contributed by atoms with E-state index in [1.54, 1.807) is 6.92 Å². The van der Waals surface area contributed by atoms with Crippen molar-refractivity contribution >= 4 is 38.9 Å². The normalized spacial score (nSPS) is 11.6. The molecule has 96 valence electrons. The summed E-state index contributed by atoms with van der Waals surface area (Å²) in [4.78, 5) is 15.1. The van der Waals surface area contributed by atoms with Crippen LogP contribution < -0.4 is 0 Å². The van der Waals surface area contributed by atoms with Gasteiger partial charge in [0, 0.05) is 12.0 Å². The number of sulfone groups is 1. The summed E-state index contributed by atoms with van der Waals surface area (Å²) in [5.41, 5.74) is 0.508. The largest absolute Gasteiger partial charge is 0.477 e. The molecular formula is C9H13NO4S3. The molecule has 0 amide bonds. The fourth-order valence-corrected chi connectivity index (χ4v) is 4.00. The maximum atomic E-state index is 10.9. The molecule has 0 radical (unpaired) electrons. The van der Waals surface area contributed by atoms with Crippen LogP contribution in [0, 0.1) is 6.92 Å². The fourth-order valence-electron chi connectivity index (χ4n) is 1.11. The summed E-state index contributed by atoms with van der Waals surface area (Å²) < 4.78 is 22.5. The third-order valence-corrected chi connectivity index (χ3v) is 5.26. The molecule has 1 rings (SSSR count). The molecule has 0 bridgehead atoms. The van der Waals surface area contributed by atoms with Gasteiger partial charge in [0.15, 0.2) is 4.34 Å². The lowest BCUT2D eigenvalue weighted by Crippen LogP contribution is -2.03. The molecule has 0 aliphatic rings. The lowest BCUT2D eigenvalue weighted by Gasteiger charge is -1.96. The smallest absolute Gasteiger partial charge is 0.347 e. The summed E-state index contributed by atoms with van der Waals surface area (Å²) in [6, 6.07) is 0. The molecular weight excluding hydrogens is 282 g/mol. The minimum atomic E-state index is -2.92. The van der Waals surface area contributed by atoms with Crippen molar-refractivity contribution in [3.63, 3.8) is 0 Å². The number of hydrogen-bond donors (Lipinski definition) is 1. The van der Waals surface area contributed by atoms with Crippen LogP contribution in [0.2, 0.25) is 0 Å². The molecule has 1 aromatic rings. The number of aromatic nitrogens is 1. The third kappa shape index (κ3) is 5.05. The number of hydrogen-bond acceptors (Lipinski definition) is 6. The zero-order valence-corrected chi connectivity index (χ0v) is 11.9. The quantitative estimate of drug-likeness (QED) is 0.635. The number of thiazole rings is 1. The van der Waals surface area contributed by atoms with Gasteiger partial charge in [0.05, 0.1) is 11.4 Å². The number of carboxylic acids is 1. The van der Waals surface area contributed by atoms with Gasteiger partial charge in [0.25, 0.3) is 0 Å². The Balaban J connectivity index is 2.48. The van der Waals surface area contributed by atoms with Crippen molar-refractivity contribution in [3.8, 4) is 0 Å². The standard InChI is InChI=1S/C9H13NO4S3/c1-6-7(8(11)12)16-9(10-6)15-4-3-5-17(2,13)14/h3-5H2,1-2H3,(H,11,12). The van der Waals surface area contributed by atoms with E-state index in [1.165, 1.54) is 18.0 Å². The van der Waals surface area contributed by atoms with Crippen LogP contribution >= 0.6 is 23.1 Å². The maximum Gasteiger partial charge on any atom is 0.347 e. The van der Waals surface area contributed by atoms with E-state index in [9.17, 15) is 13.2 Å². The van der Waals surface area contributed by atoms with E-state index in [0.717, 1.165) is 11.3 Å². The van der Waals surface area contributed by atoms with Gasteiger partial charge in [-0.25, -0.2) is 18.2 Å². The topological polar surface area (TPSA) is 84.3 Å². The SMILES string of the molecule is Cc1nc(SCCCS(C)(=O)=O)sc1C(=O)O. The van der Waals surface area contributed by atoms with E-state index < -0.39 is 15.8 Å². The van der Waals surface area contributed by atoms with Crippen molar-refractivity contribution < 1.29 is 18.3 Å². The summed E-state index contributed by atoms with van der Waals surface area (Å²) in [5, 5.41) is 8.84. The van der Waals surface area contributed by atoms with Gasteiger partial charge in [0.1, 0.15) is 14.7 Å². The van der Waals surface area contributed by atoms with Crippen LogP contribution in [0.4, 0.5) is 0 Å². The molecule has 8 heteroatoms. The van der Waals surface area contributed by atoms with Gasteiger partial charge in [-0.3, -0.25) is 0 Å². The van der Waals surface area contributed by atoms with E-state index in [-0.39, 0.29) is 10.6 Å². The molecule has 17 heavy (non-hydrogen) atoms. The first-order valence-electron chi connectivity index (χ1n) is 4.81. The number of carboxylic acid groups (broad SMARTS) is 1. The lowest BCUT2D eigenvalue weighted by atomic mass is 10.4. The Labute approximate surface area is 108 Å². The molecule has 5 nitrogen and oxygen atoms in total. The molecule has 0 aromatic carbocycles. The minimum absolute atomic E-state index is 0.149. The molecule has 0 saturated carbocycles. The number of nitrogens with zero attached hydrogens (tertiary/aromatic N) is 1. The average Bonchev–Trinajstić information content (AvgIpc) is 2.53. The molecule has 0 spiro atoms.